The van der Waals surface area contributed by atoms with Gasteiger partial charge in [0.05, 0.1) is 6.61 Å². The average Bonchev–Trinajstić information content (AvgIpc) is 3.27. The van der Waals surface area contributed by atoms with Gasteiger partial charge in [-0.05, 0) is 54.3 Å². The fourth-order valence-electron chi connectivity index (χ4n) is 3.42. The quantitative estimate of drug-likeness (QED) is 0.391. The van der Waals surface area contributed by atoms with Gasteiger partial charge in [-0.15, -0.1) is 11.3 Å². The van der Waals surface area contributed by atoms with E-state index in [9.17, 15) is 19.5 Å². The lowest BCUT2D eigenvalue weighted by molar-refractivity contribution is -0.144. The van der Waals surface area contributed by atoms with Gasteiger partial charge in [0.1, 0.15) is 27.9 Å². The summed E-state index contributed by atoms with van der Waals surface area (Å²) in [5.74, 6) is -1.29. The van der Waals surface area contributed by atoms with Gasteiger partial charge in [0.2, 0.25) is 0 Å². The number of rotatable bonds is 9. The number of carboxylic acids is 1. The van der Waals surface area contributed by atoms with Crippen LogP contribution in [-0.4, -0.2) is 64.5 Å². The van der Waals surface area contributed by atoms with Crippen molar-refractivity contribution in [3.8, 4) is 0 Å². The summed E-state index contributed by atoms with van der Waals surface area (Å²) >= 11 is 4.49. The van der Waals surface area contributed by atoms with Crippen LogP contribution >= 0.6 is 27.3 Å². The standard InChI is InChI=1S/C25H30BrN3O7S/c1-25(2,3)36-23(32)28-19(22(30)31)20(21-27-18(26)15-37-21)34-13-17-9-11-29(12-10-17)24(33)35-14-16-7-5-4-6-8-16/h4-9,15,19-20H,10-14H2,1-3H3,(H,28,32)(H,30,31). The number of hydrogen-bond donors (Lipinski definition) is 2. The Balaban J connectivity index is 1.62. The van der Waals surface area contributed by atoms with Crippen LogP contribution in [0.3, 0.4) is 0 Å². The Morgan fingerprint density at radius 2 is 1.95 bits per heavy atom. The van der Waals surface area contributed by atoms with E-state index in [0.29, 0.717) is 29.1 Å². The van der Waals surface area contributed by atoms with E-state index in [4.69, 9.17) is 14.2 Å². The van der Waals surface area contributed by atoms with Gasteiger partial charge in [0.25, 0.3) is 0 Å². The summed E-state index contributed by atoms with van der Waals surface area (Å²) in [6.07, 6.45) is 0.0605. The maximum atomic E-state index is 12.4. The summed E-state index contributed by atoms with van der Waals surface area (Å²) in [4.78, 5) is 42.7. The Bertz CT molecular complexity index is 1120. The first-order valence-corrected chi connectivity index (χ1v) is 13.3. The van der Waals surface area contributed by atoms with E-state index < -0.39 is 35.9 Å². The van der Waals surface area contributed by atoms with Crippen LogP contribution in [0.5, 0.6) is 0 Å². The minimum Gasteiger partial charge on any atom is -0.480 e. The number of carbonyl (C=O) groups excluding carboxylic acids is 2. The molecule has 0 radical (unpaired) electrons. The highest BCUT2D eigenvalue weighted by atomic mass is 79.9. The summed E-state index contributed by atoms with van der Waals surface area (Å²) in [5, 5.41) is 14.4. The fraction of sp³-hybridized carbons (Fsp3) is 0.440. The lowest BCUT2D eigenvalue weighted by Gasteiger charge is -2.28. The number of aliphatic carboxylic acids is 1. The summed E-state index contributed by atoms with van der Waals surface area (Å²) < 4.78 is 17.2. The third-order valence-corrected chi connectivity index (χ3v) is 6.81. The zero-order chi connectivity index (χ0) is 27.0. The zero-order valence-electron chi connectivity index (χ0n) is 20.8. The molecule has 0 aliphatic carbocycles. The van der Waals surface area contributed by atoms with Gasteiger partial charge in [0, 0.05) is 18.5 Å². The van der Waals surface area contributed by atoms with Crippen molar-refractivity contribution in [2.45, 2.75) is 51.5 Å². The van der Waals surface area contributed by atoms with Crippen LogP contribution in [0.4, 0.5) is 9.59 Å². The minimum atomic E-state index is -1.43. The van der Waals surface area contributed by atoms with E-state index in [-0.39, 0.29) is 13.2 Å². The Labute approximate surface area is 227 Å². The minimum absolute atomic E-state index is 0.106. The highest BCUT2D eigenvalue weighted by Crippen LogP contribution is 2.29. The molecule has 2 atom stereocenters. The number of alkyl carbamates (subject to hydrolysis) is 1. The molecule has 0 fully saturated rings. The van der Waals surface area contributed by atoms with Gasteiger partial charge in [-0.2, -0.15) is 0 Å². The predicted octanol–water partition coefficient (Wildman–Crippen LogP) is 4.91. The Morgan fingerprint density at radius 3 is 2.51 bits per heavy atom. The number of halogens is 1. The van der Waals surface area contributed by atoms with Crippen LogP contribution in [0, 0.1) is 0 Å². The number of amides is 2. The lowest BCUT2D eigenvalue weighted by atomic mass is 10.1. The number of aromatic nitrogens is 1. The Morgan fingerprint density at radius 1 is 1.22 bits per heavy atom. The highest BCUT2D eigenvalue weighted by molar-refractivity contribution is 9.10. The van der Waals surface area contributed by atoms with E-state index in [1.165, 1.54) is 11.3 Å². The number of carboxylic acid groups (broad SMARTS) is 1. The first kappa shape index (κ1) is 28.6. The number of hydrogen-bond acceptors (Lipinski definition) is 8. The van der Waals surface area contributed by atoms with Gasteiger partial charge in [0.15, 0.2) is 6.04 Å². The number of carbonyl (C=O) groups is 3. The SMILES string of the molecule is CC(C)(C)OC(=O)NC(C(=O)O)C(OCC1=CCN(C(=O)OCc2ccccc2)CC1)c1nc(Br)cs1. The molecule has 1 aliphatic rings. The molecule has 1 aromatic carbocycles. The number of nitrogens with zero attached hydrogens (tertiary/aromatic N) is 2. The largest absolute Gasteiger partial charge is 0.480 e. The summed E-state index contributed by atoms with van der Waals surface area (Å²) in [7, 11) is 0. The maximum absolute atomic E-state index is 12.4. The molecule has 37 heavy (non-hydrogen) atoms. The molecule has 0 bridgehead atoms. The molecule has 2 amide bonds. The van der Waals surface area contributed by atoms with Gasteiger partial charge in [-0.1, -0.05) is 36.4 Å². The molecule has 10 nitrogen and oxygen atoms in total. The lowest BCUT2D eigenvalue weighted by Crippen LogP contribution is -2.47. The zero-order valence-corrected chi connectivity index (χ0v) is 23.2. The van der Waals surface area contributed by atoms with Crippen molar-refractivity contribution in [1.29, 1.82) is 0 Å². The van der Waals surface area contributed by atoms with Crippen LogP contribution in [-0.2, 0) is 25.6 Å². The van der Waals surface area contributed by atoms with Crippen molar-refractivity contribution < 1.29 is 33.7 Å². The van der Waals surface area contributed by atoms with Gasteiger partial charge in [-0.25, -0.2) is 19.4 Å². The molecule has 3 rings (SSSR count). The Hall–Kier alpha value is -2.96. The van der Waals surface area contributed by atoms with Gasteiger partial charge < -0.3 is 29.5 Å². The Kier molecular flexibility index (Phi) is 10.1. The first-order chi connectivity index (χ1) is 17.5. The second-order valence-corrected chi connectivity index (χ2v) is 11.0. The fourth-order valence-corrected chi connectivity index (χ4v) is 4.77. The van der Waals surface area contributed by atoms with Gasteiger partial charge >= 0.3 is 18.2 Å². The molecule has 2 aromatic rings. The summed E-state index contributed by atoms with van der Waals surface area (Å²) in [6.45, 7) is 6.14. The second-order valence-electron chi connectivity index (χ2n) is 9.30. The van der Waals surface area contributed by atoms with Crippen LogP contribution < -0.4 is 5.32 Å². The number of ether oxygens (including phenoxy) is 3. The topological polar surface area (TPSA) is 127 Å². The van der Waals surface area contributed by atoms with Crippen LogP contribution in [0.25, 0.3) is 0 Å². The normalized spacial score (nSPS) is 15.4. The van der Waals surface area contributed by atoms with Crippen molar-refractivity contribution in [3.63, 3.8) is 0 Å². The van der Waals surface area contributed by atoms with E-state index in [1.807, 2.05) is 36.4 Å². The van der Waals surface area contributed by atoms with Crippen molar-refractivity contribution in [2.24, 2.45) is 0 Å². The van der Waals surface area contributed by atoms with Crippen molar-refractivity contribution in [2.75, 3.05) is 19.7 Å². The maximum Gasteiger partial charge on any atom is 0.410 e. The van der Waals surface area contributed by atoms with Crippen LogP contribution in [0.2, 0.25) is 0 Å². The summed E-state index contributed by atoms with van der Waals surface area (Å²) in [6, 6.07) is 8.01. The molecule has 1 aromatic heterocycles. The van der Waals surface area contributed by atoms with E-state index in [1.54, 1.807) is 31.1 Å². The third kappa shape index (κ3) is 9.13. The van der Waals surface area contributed by atoms with Crippen molar-refractivity contribution >= 4 is 45.4 Å². The third-order valence-electron chi connectivity index (χ3n) is 5.19. The van der Waals surface area contributed by atoms with E-state index in [2.05, 4.69) is 26.2 Å². The molecule has 0 saturated carbocycles. The molecule has 2 heterocycles. The molecule has 12 heteroatoms. The number of nitrogens with one attached hydrogen (secondary N) is 1. The van der Waals surface area contributed by atoms with Crippen LogP contribution in [0.15, 0.2) is 52.0 Å². The van der Waals surface area contributed by atoms with Crippen LogP contribution in [0.1, 0.15) is 43.9 Å². The molecule has 1 aliphatic heterocycles. The van der Waals surface area contributed by atoms with E-state index in [0.717, 1.165) is 11.1 Å². The molecular weight excluding hydrogens is 566 g/mol. The molecule has 0 saturated heterocycles. The molecule has 0 spiro atoms. The number of thiazole rings is 1. The van der Waals surface area contributed by atoms with Gasteiger partial charge in [-0.3, -0.25) is 0 Å². The van der Waals surface area contributed by atoms with Crippen molar-refractivity contribution in [3.05, 3.63) is 62.5 Å². The summed E-state index contributed by atoms with van der Waals surface area (Å²) in [5.41, 5.74) is 1.01. The van der Waals surface area contributed by atoms with Crippen molar-refractivity contribution in [1.82, 2.24) is 15.2 Å². The second kappa shape index (κ2) is 13.0. The smallest absolute Gasteiger partial charge is 0.410 e. The number of benzene rings is 1. The predicted molar refractivity (Wildman–Crippen MR) is 140 cm³/mol. The molecular formula is C25H30BrN3O7S. The molecule has 2 N–H and O–H groups in total. The highest BCUT2D eigenvalue weighted by Gasteiger charge is 2.36. The monoisotopic (exact) mass is 595 g/mol. The first-order valence-electron chi connectivity index (χ1n) is 11.6. The van der Waals surface area contributed by atoms with E-state index >= 15 is 0 Å². The average molecular weight is 597 g/mol. The molecule has 200 valence electrons. The molecule has 2 unspecified atom stereocenters.